The van der Waals surface area contributed by atoms with Crippen LogP contribution in [0.1, 0.15) is 6.92 Å². The molecule has 146 valence electrons. The highest BCUT2D eigenvalue weighted by Crippen LogP contribution is 2.28. The monoisotopic (exact) mass is 430 g/mol. The van der Waals surface area contributed by atoms with Crippen LogP contribution in [-0.2, 0) is 14.8 Å². The summed E-state index contributed by atoms with van der Waals surface area (Å²) in [5.41, 5.74) is 0.591. The Bertz CT molecular complexity index is 935. The Morgan fingerprint density at radius 3 is 2.48 bits per heavy atom. The van der Waals surface area contributed by atoms with Gasteiger partial charge < -0.3 is 9.64 Å². The summed E-state index contributed by atoms with van der Waals surface area (Å²) in [7, 11) is -0.881. The van der Waals surface area contributed by atoms with Gasteiger partial charge in [-0.1, -0.05) is 36.2 Å². The van der Waals surface area contributed by atoms with E-state index >= 15 is 0 Å². The number of likely N-dealkylation sites (N-methyl/N-ethyl adjacent to an activating group) is 2. The summed E-state index contributed by atoms with van der Waals surface area (Å²) < 4.78 is 32.1. The first-order chi connectivity index (χ1) is 12.7. The first-order valence-electron chi connectivity index (χ1n) is 8.06. The number of hydrogen-bond donors (Lipinski definition) is 0. The first-order valence-corrected chi connectivity index (χ1v) is 10.3. The maximum atomic E-state index is 12.9. The van der Waals surface area contributed by atoms with Crippen LogP contribution in [0.25, 0.3) is 0 Å². The maximum absolute atomic E-state index is 12.9. The Morgan fingerprint density at radius 1 is 1.15 bits per heavy atom. The van der Waals surface area contributed by atoms with Crippen LogP contribution in [0.15, 0.2) is 47.4 Å². The Balaban J connectivity index is 2.27. The van der Waals surface area contributed by atoms with Gasteiger partial charge in [-0.25, -0.2) is 8.42 Å². The van der Waals surface area contributed by atoms with E-state index in [0.717, 1.165) is 4.31 Å². The van der Waals surface area contributed by atoms with Gasteiger partial charge in [0.15, 0.2) is 0 Å². The molecule has 0 N–H and O–H groups in total. The van der Waals surface area contributed by atoms with Crippen LogP contribution in [0.3, 0.4) is 0 Å². The average molecular weight is 431 g/mol. The summed E-state index contributed by atoms with van der Waals surface area (Å²) >= 11 is 11.9. The zero-order valence-electron chi connectivity index (χ0n) is 15.1. The molecular weight excluding hydrogens is 411 g/mol. The molecule has 0 aliphatic carbocycles. The van der Waals surface area contributed by atoms with Gasteiger partial charge in [-0.3, -0.25) is 4.79 Å². The van der Waals surface area contributed by atoms with Crippen LogP contribution in [0.4, 0.5) is 5.69 Å². The standard InChI is InChI=1S/C18H20Cl2N2O4S/c1-4-22(27(24,25)17-10-13(19)8-9-16(17)20)12-18(23)21(2)14-6-5-7-15(11-14)26-3/h5-11H,4,12H2,1-3H3. The normalized spacial score (nSPS) is 11.5. The molecule has 9 heteroatoms. The van der Waals surface area contributed by atoms with E-state index in [1.54, 1.807) is 38.2 Å². The second kappa shape index (κ2) is 8.93. The molecule has 2 aromatic rings. The summed E-state index contributed by atoms with van der Waals surface area (Å²) in [5.74, 6) is 0.199. The number of nitrogens with zero attached hydrogens (tertiary/aromatic N) is 2. The van der Waals surface area contributed by atoms with Crippen LogP contribution in [0, 0.1) is 0 Å². The molecule has 0 unspecified atom stereocenters. The fourth-order valence-electron chi connectivity index (χ4n) is 2.40. The number of rotatable bonds is 7. The maximum Gasteiger partial charge on any atom is 0.245 e. The molecular formula is C18H20Cl2N2O4S. The predicted molar refractivity (Wildman–Crippen MR) is 107 cm³/mol. The van der Waals surface area contributed by atoms with Crippen LogP contribution in [-0.4, -0.2) is 45.9 Å². The average Bonchev–Trinajstić information content (AvgIpc) is 2.66. The van der Waals surface area contributed by atoms with Gasteiger partial charge in [-0.2, -0.15) is 4.31 Å². The van der Waals surface area contributed by atoms with Crippen molar-refractivity contribution in [2.75, 3.05) is 32.1 Å². The van der Waals surface area contributed by atoms with Crippen molar-refractivity contribution in [3.63, 3.8) is 0 Å². The van der Waals surface area contributed by atoms with E-state index in [-0.39, 0.29) is 28.0 Å². The van der Waals surface area contributed by atoms with Crippen molar-refractivity contribution < 1.29 is 17.9 Å². The molecule has 2 rings (SSSR count). The van der Waals surface area contributed by atoms with E-state index in [2.05, 4.69) is 0 Å². The number of carbonyl (C=O) groups is 1. The van der Waals surface area contributed by atoms with Gasteiger partial charge in [0.1, 0.15) is 10.6 Å². The number of sulfonamides is 1. The molecule has 0 aromatic heterocycles. The number of carbonyl (C=O) groups excluding carboxylic acids is 1. The van der Waals surface area contributed by atoms with Crippen molar-refractivity contribution >= 4 is 44.8 Å². The Labute approximate surface area is 169 Å². The number of halogens is 2. The van der Waals surface area contributed by atoms with Crippen molar-refractivity contribution in [2.24, 2.45) is 0 Å². The summed E-state index contributed by atoms with van der Waals surface area (Å²) in [5, 5.41) is 0.292. The van der Waals surface area contributed by atoms with Crippen molar-refractivity contribution in [1.29, 1.82) is 0 Å². The minimum Gasteiger partial charge on any atom is -0.497 e. The van der Waals surface area contributed by atoms with E-state index in [9.17, 15) is 13.2 Å². The number of hydrogen-bond acceptors (Lipinski definition) is 4. The van der Waals surface area contributed by atoms with Crippen LogP contribution in [0.5, 0.6) is 5.75 Å². The summed E-state index contributed by atoms with van der Waals surface area (Å²) in [6.45, 7) is 1.41. The lowest BCUT2D eigenvalue weighted by atomic mass is 10.2. The van der Waals surface area contributed by atoms with Gasteiger partial charge in [0.2, 0.25) is 15.9 Å². The summed E-state index contributed by atoms with van der Waals surface area (Å²) in [6, 6.07) is 11.1. The lowest BCUT2D eigenvalue weighted by molar-refractivity contribution is -0.118. The third kappa shape index (κ3) is 4.93. The Morgan fingerprint density at radius 2 is 1.85 bits per heavy atom. The number of ether oxygens (including phenoxy) is 1. The molecule has 0 bridgehead atoms. The Hall–Kier alpha value is -1.80. The number of benzene rings is 2. The molecule has 0 spiro atoms. The van der Waals surface area contributed by atoms with Gasteiger partial charge in [-0.15, -0.1) is 0 Å². The van der Waals surface area contributed by atoms with Crippen molar-refractivity contribution in [2.45, 2.75) is 11.8 Å². The van der Waals surface area contributed by atoms with Crippen LogP contribution < -0.4 is 9.64 Å². The molecule has 2 aromatic carbocycles. The van der Waals surface area contributed by atoms with Gasteiger partial charge >= 0.3 is 0 Å². The highest BCUT2D eigenvalue weighted by atomic mass is 35.5. The minimum atomic E-state index is -3.98. The zero-order valence-corrected chi connectivity index (χ0v) is 17.5. The third-order valence-corrected chi connectivity index (χ3v) is 6.63. The Kier molecular flexibility index (Phi) is 7.11. The smallest absolute Gasteiger partial charge is 0.245 e. The molecule has 0 aliphatic rings. The van der Waals surface area contributed by atoms with E-state index in [0.29, 0.717) is 11.4 Å². The van der Waals surface area contributed by atoms with E-state index < -0.39 is 15.9 Å². The molecule has 0 atom stereocenters. The molecule has 0 aliphatic heterocycles. The predicted octanol–water partition coefficient (Wildman–Crippen LogP) is 3.68. The lowest BCUT2D eigenvalue weighted by Crippen LogP contribution is -2.41. The van der Waals surface area contributed by atoms with E-state index in [1.165, 1.54) is 30.2 Å². The topological polar surface area (TPSA) is 66.9 Å². The van der Waals surface area contributed by atoms with E-state index in [1.807, 2.05) is 0 Å². The molecule has 0 saturated carbocycles. The number of anilines is 1. The van der Waals surface area contributed by atoms with Crippen molar-refractivity contribution in [3.05, 3.63) is 52.5 Å². The number of methoxy groups -OCH3 is 1. The quantitative estimate of drug-likeness (QED) is 0.671. The van der Waals surface area contributed by atoms with Gasteiger partial charge in [0.05, 0.1) is 18.7 Å². The van der Waals surface area contributed by atoms with Crippen LogP contribution in [0.2, 0.25) is 10.0 Å². The van der Waals surface area contributed by atoms with Crippen LogP contribution >= 0.6 is 23.2 Å². The van der Waals surface area contributed by atoms with Gasteiger partial charge in [-0.05, 0) is 30.3 Å². The minimum absolute atomic E-state index is 0.0476. The fraction of sp³-hybridized carbons (Fsp3) is 0.278. The molecule has 0 fully saturated rings. The number of amides is 1. The van der Waals surface area contributed by atoms with E-state index in [4.69, 9.17) is 27.9 Å². The second-order valence-corrected chi connectivity index (χ2v) is 8.41. The summed E-state index contributed by atoms with van der Waals surface area (Å²) in [4.78, 5) is 13.9. The SMILES string of the molecule is CCN(CC(=O)N(C)c1cccc(OC)c1)S(=O)(=O)c1cc(Cl)ccc1Cl. The summed E-state index contributed by atoms with van der Waals surface area (Å²) in [6.07, 6.45) is 0. The molecule has 0 radical (unpaired) electrons. The molecule has 0 saturated heterocycles. The zero-order chi connectivity index (χ0) is 20.2. The van der Waals surface area contributed by atoms with Gasteiger partial charge in [0.25, 0.3) is 0 Å². The van der Waals surface area contributed by atoms with Gasteiger partial charge in [0, 0.05) is 30.4 Å². The highest BCUT2D eigenvalue weighted by molar-refractivity contribution is 7.89. The third-order valence-electron chi connectivity index (χ3n) is 3.99. The largest absolute Gasteiger partial charge is 0.497 e. The second-order valence-electron chi connectivity index (χ2n) is 5.66. The fourth-order valence-corrected chi connectivity index (χ4v) is 4.54. The molecule has 1 amide bonds. The van der Waals surface area contributed by atoms with Crippen molar-refractivity contribution in [1.82, 2.24) is 4.31 Å². The first kappa shape index (κ1) is 21.5. The van der Waals surface area contributed by atoms with Crippen molar-refractivity contribution in [3.8, 4) is 5.75 Å². The molecule has 6 nitrogen and oxygen atoms in total. The lowest BCUT2D eigenvalue weighted by Gasteiger charge is -2.24. The highest BCUT2D eigenvalue weighted by Gasteiger charge is 2.29. The molecule has 27 heavy (non-hydrogen) atoms. The molecule has 0 heterocycles.